The minimum atomic E-state index is -1.20. The molecule has 0 aliphatic heterocycles. The van der Waals surface area contributed by atoms with Crippen molar-refractivity contribution in [2.24, 2.45) is 5.41 Å². The molecule has 0 saturated carbocycles. The lowest BCUT2D eigenvalue weighted by atomic mass is 9.64. The van der Waals surface area contributed by atoms with Gasteiger partial charge in [0, 0.05) is 18.8 Å². The van der Waals surface area contributed by atoms with Crippen molar-refractivity contribution >= 4 is 11.8 Å². The molecular weight excluding hydrogens is 244 g/mol. The third-order valence-corrected chi connectivity index (χ3v) is 3.59. The molecule has 0 radical (unpaired) electrons. The summed E-state index contributed by atoms with van der Waals surface area (Å²) in [4.78, 5) is 22.4. The molecule has 4 heteroatoms. The molecule has 0 fully saturated rings. The smallest absolute Gasteiger partial charge is 0.303 e. The van der Waals surface area contributed by atoms with Gasteiger partial charge in [-0.15, -0.1) is 0 Å². The highest BCUT2D eigenvalue weighted by atomic mass is 16.5. The van der Waals surface area contributed by atoms with Gasteiger partial charge in [-0.25, -0.2) is 0 Å². The van der Waals surface area contributed by atoms with Gasteiger partial charge in [-0.1, -0.05) is 13.8 Å². The molecule has 2 atom stereocenters. The maximum absolute atomic E-state index is 11.6. The zero-order chi connectivity index (χ0) is 14.8. The molecule has 0 aromatic rings. The van der Waals surface area contributed by atoms with Gasteiger partial charge in [0.25, 0.3) is 0 Å². The number of carbonyl (C=O) groups is 2. The van der Waals surface area contributed by atoms with Gasteiger partial charge in [-0.3, -0.25) is 9.59 Å². The van der Waals surface area contributed by atoms with Crippen LogP contribution in [0.1, 0.15) is 41.0 Å². The van der Waals surface area contributed by atoms with Gasteiger partial charge < -0.3 is 9.84 Å². The Hall–Kier alpha value is -1.42. The molecule has 0 heterocycles. The summed E-state index contributed by atoms with van der Waals surface area (Å²) in [5.74, 6) is -0.344. The van der Waals surface area contributed by atoms with Crippen LogP contribution in [0, 0.1) is 5.41 Å². The van der Waals surface area contributed by atoms with Crippen molar-refractivity contribution in [2.75, 3.05) is 0 Å². The second-order valence-corrected chi connectivity index (χ2v) is 5.79. The standard InChI is InChI=1S/C15H22O4/c1-10-8-13(17)9-14(4,5)15(10,18)7-6-11(2)19-12(3)16/h6-8,11,18H,9H2,1-5H3/b7-6-/t11-,15+/m0/s1. The van der Waals surface area contributed by atoms with E-state index in [2.05, 4.69) is 0 Å². The molecule has 0 bridgehead atoms. The Morgan fingerprint density at radius 2 is 2.11 bits per heavy atom. The van der Waals surface area contributed by atoms with Crippen molar-refractivity contribution in [3.05, 3.63) is 23.8 Å². The first-order chi connectivity index (χ1) is 8.58. The minimum Gasteiger partial charge on any atom is -0.459 e. The first kappa shape index (κ1) is 15.6. The van der Waals surface area contributed by atoms with Crippen LogP contribution in [0.2, 0.25) is 0 Å². The Kier molecular flexibility index (Phi) is 4.35. The van der Waals surface area contributed by atoms with E-state index in [0.717, 1.165) is 0 Å². The Morgan fingerprint density at radius 3 is 2.58 bits per heavy atom. The fourth-order valence-corrected chi connectivity index (χ4v) is 2.44. The first-order valence-corrected chi connectivity index (χ1v) is 6.39. The molecule has 0 saturated heterocycles. The summed E-state index contributed by atoms with van der Waals surface area (Å²) in [6, 6.07) is 0. The summed E-state index contributed by atoms with van der Waals surface area (Å²) in [5.41, 5.74) is -1.18. The summed E-state index contributed by atoms with van der Waals surface area (Å²) in [6.45, 7) is 8.50. The number of esters is 1. The number of hydrogen-bond donors (Lipinski definition) is 1. The summed E-state index contributed by atoms with van der Waals surface area (Å²) < 4.78 is 4.99. The number of allylic oxidation sites excluding steroid dienone is 1. The SMILES string of the molecule is CC(=O)O[C@@H](C)/C=C\[C@@]1(O)C(C)=CC(=O)CC1(C)C. The topological polar surface area (TPSA) is 63.6 Å². The van der Waals surface area contributed by atoms with Gasteiger partial charge >= 0.3 is 5.97 Å². The quantitative estimate of drug-likeness (QED) is 0.628. The molecule has 1 N–H and O–H groups in total. The molecule has 0 unspecified atom stereocenters. The van der Waals surface area contributed by atoms with Crippen LogP contribution in [0.5, 0.6) is 0 Å². The van der Waals surface area contributed by atoms with Crippen LogP contribution in [0.4, 0.5) is 0 Å². The van der Waals surface area contributed by atoms with Crippen molar-refractivity contribution in [3.63, 3.8) is 0 Å². The van der Waals surface area contributed by atoms with E-state index in [9.17, 15) is 14.7 Å². The predicted octanol–water partition coefficient (Wildman–Crippen LogP) is 2.17. The Bertz CT molecular complexity index is 445. The third kappa shape index (κ3) is 3.32. The van der Waals surface area contributed by atoms with Crippen LogP contribution < -0.4 is 0 Å². The molecule has 0 amide bonds. The number of carbonyl (C=O) groups excluding carboxylic acids is 2. The van der Waals surface area contributed by atoms with Crippen molar-refractivity contribution in [3.8, 4) is 0 Å². The maximum atomic E-state index is 11.6. The molecule has 0 aromatic heterocycles. The average Bonchev–Trinajstić information content (AvgIpc) is 2.21. The van der Waals surface area contributed by atoms with Gasteiger partial charge in [0.1, 0.15) is 11.7 Å². The van der Waals surface area contributed by atoms with E-state index in [0.29, 0.717) is 5.57 Å². The molecule has 1 aliphatic rings. The number of ketones is 1. The van der Waals surface area contributed by atoms with E-state index >= 15 is 0 Å². The lowest BCUT2D eigenvalue weighted by molar-refractivity contribution is -0.143. The van der Waals surface area contributed by atoms with Crippen molar-refractivity contribution in [1.82, 2.24) is 0 Å². The summed E-state index contributed by atoms with van der Waals surface area (Å²) in [6.07, 6.45) is 4.62. The summed E-state index contributed by atoms with van der Waals surface area (Å²) in [7, 11) is 0. The van der Waals surface area contributed by atoms with Crippen LogP contribution in [-0.2, 0) is 14.3 Å². The molecule has 19 heavy (non-hydrogen) atoms. The zero-order valence-corrected chi connectivity index (χ0v) is 12.2. The Balaban J connectivity index is 3.01. The van der Waals surface area contributed by atoms with Gasteiger partial charge in [0.05, 0.1) is 0 Å². The number of ether oxygens (including phenoxy) is 1. The largest absolute Gasteiger partial charge is 0.459 e. The highest BCUT2D eigenvalue weighted by Gasteiger charge is 2.46. The lowest BCUT2D eigenvalue weighted by Gasteiger charge is -2.44. The summed E-state index contributed by atoms with van der Waals surface area (Å²) in [5, 5.41) is 10.8. The third-order valence-electron chi connectivity index (χ3n) is 3.59. The van der Waals surface area contributed by atoms with Crippen LogP contribution in [-0.4, -0.2) is 28.6 Å². The van der Waals surface area contributed by atoms with Crippen LogP contribution in [0.25, 0.3) is 0 Å². The minimum absolute atomic E-state index is 0.0219. The van der Waals surface area contributed by atoms with Crippen molar-refractivity contribution < 1.29 is 19.4 Å². The predicted molar refractivity (Wildman–Crippen MR) is 72.5 cm³/mol. The molecule has 1 aliphatic carbocycles. The Labute approximate surface area is 114 Å². The van der Waals surface area contributed by atoms with Crippen molar-refractivity contribution in [2.45, 2.75) is 52.7 Å². The summed E-state index contributed by atoms with van der Waals surface area (Å²) >= 11 is 0. The second-order valence-electron chi connectivity index (χ2n) is 5.79. The first-order valence-electron chi connectivity index (χ1n) is 6.39. The van der Waals surface area contributed by atoms with E-state index in [1.807, 2.05) is 13.8 Å². The van der Waals surface area contributed by atoms with Crippen LogP contribution >= 0.6 is 0 Å². The van der Waals surface area contributed by atoms with E-state index in [1.54, 1.807) is 26.0 Å². The fraction of sp³-hybridized carbons (Fsp3) is 0.600. The van der Waals surface area contributed by atoms with E-state index in [-0.39, 0.29) is 18.2 Å². The monoisotopic (exact) mass is 266 g/mol. The van der Waals surface area contributed by atoms with Crippen molar-refractivity contribution in [1.29, 1.82) is 0 Å². The van der Waals surface area contributed by atoms with E-state index < -0.39 is 17.1 Å². The molecule has 106 valence electrons. The number of aliphatic hydroxyl groups is 1. The molecule has 0 aromatic carbocycles. The zero-order valence-electron chi connectivity index (χ0n) is 12.2. The van der Waals surface area contributed by atoms with Crippen LogP contribution in [0.3, 0.4) is 0 Å². The lowest BCUT2D eigenvalue weighted by Crippen LogP contribution is -2.48. The van der Waals surface area contributed by atoms with Crippen LogP contribution in [0.15, 0.2) is 23.8 Å². The fourth-order valence-electron chi connectivity index (χ4n) is 2.44. The number of rotatable bonds is 3. The molecule has 4 nitrogen and oxygen atoms in total. The second kappa shape index (κ2) is 5.29. The highest BCUT2D eigenvalue weighted by molar-refractivity contribution is 5.92. The van der Waals surface area contributed by atoms with E-state index in [1.165, 1.54) is 13.0 Å². The molecular formula is C15H22O4. The van der Waals surface area contributed by atoms with Gasteiger partial charge in [0.15, 0.2) is 5.78 Å². The average molecular weight is 266 g/mol. The Morgan fingerprint density at radius 1 is 1.53 bits per heavy atom. The van der Waals surface area contributed by atoms with Gasteiger partial charge in [-0.2, -0.15) is 0 Å². The van der Waals surface area contributed by atoms with Gasteiger partial charge in [-0.05, 0) is 37.6 Å². The molecule has 0 spiro atoms. The maximum Gasteiger partial charge on any atom is 0.303 e. The highest BCUT2D eigenvalue weighted by Crippen LogP contribution is 2.44. The molecule has 1 rings (SSSR count). The number of hydrogen-bond acceptors (Lipinski definition) is 4. The van der Waals surface area contributed by atoms with E-state index in [4.69, 9.17) is 4.74 Å². The van der Waals surface area contributed by atoms with Gasteiger partial charge in [0.2, 0.25) is 0 Å². The normalized spacial score (nSPS) is 28.1.